The molecule has 1 fully saturated rings. The van der Waals surface area contributed by atoms with Crippen LogP contribution in [-0.2, 0) is 24.2 Å². The van der Waals surface area contributed by atoms with Crippen molar-refractivity contribution in [1.29, 1.82) is 0 Å². The Morgan fingerprint density at radius 3 is 3.00 bits per heavy atom. The lowest BCUT2D eigenvalue weighted by Gasteiger charge is -2.25. The van der Waals surface area contributed by atoms with E-state index in [9.17, 15) is 0 Å². The molecular formula is C17H24N6O. The van der Waals surface area contributed by atoms with Crippen LogP contribution in [-0.4, -0.2) is 57.0 Å². The molecule has 1 saturated heterocycles. The van der Waals surface area contributed by atoms with Gasteiger partial charge in [0.15, 0.2) is 0 Å². The Morgan fingerprint density at radius 1 is 1.25 bits per heavy atom. The molecule has 1 atom stereocenters. The standard InChI is InChI=1S/C17H24N6O/c1-13-2-3-16(21-20-13)18-10-15-11-19-17-4-6-22(7-8-23(15)17)14-5-9-24-12-14/h2-3,11,14H,4-10,12H2,1H3,(H,18,21). The third kappa shape index (κ3) is 3.27. The molecule has 2 aliphatic heterocycles. The number of ether oxygens (including phenoxy) is 1. The molecular weight excluding hydrogens is 304 g/mol. The fourth-order valence-electron chi connectivity index (χ4n) is 3.50. The molecule has 7 heteroatoms. The first-order chi connectivity index (χ1) is 11.8. The molecule has 2 aromatic rings. The predicted molar refractivity (Wildman–Crippen MR) is 90.8 cm³/mol. The average Bonchev–Trinajstić information content (AvgIpc) is 3.21. The molecule has 0 bridgehead atoms. The quantitative estimate of drug-likeness (QED) is 0.911. The number of imidazole rings is 1. The molecule has 0 aromatic carbocycles. The first-order valence-corrected chi connectivity index (χ1v) is 8.69. The van der Waals surface area contributed by atoms with Crippen molar-refractivity contribution in [1.82, 2.24) is 24.6 Å². The number of nitrogens with zero attached hydrogens (tertiary/aromatic N) is 5. The molecule has 0 saturated carbocycles. The van der Waals surface area contributed by atoms with E-state index in [0.29, 0.717) is 6.04 Å². The van der Waals surface area contributed by atoms with E-state index in [0.717, 1.165) is 63.7 Å². The summed E-state index contributed by atoms with van der Waals surface area (Å²) in [4.78, 5) is 7.19. The molecule has 0 spiro atoms. The summed E-state index contributed by atoms with van der Waals surface area (Å²) < 4.78 is 7.89. The summed E-state index contributed by atoms with van der Waals surface area (Å²) in [5.74, 6) is 1.98. The lowest BCUT2D eigenvalue weighted by molar-refractivity contribution is 0.145. The monoisotopic (exact) mass is 328 g/mol. The van der Waals surface area contributed by atoms with Crippen molar-refractivity contribution in [2.45, 2.75) is 38.9 Å². The van der Waals surface area contributed by atoms with E-state index in [2.05, 4.69) is 30.0 Å². The zero-order chi connectivity index (χ0) is 16.4. The molecule has 128 valence electrons. The number of nitrogens with one attached hydrogen (secondary N) is 1. The normalized spacial score (nSPS) is 21.5. The van der Waals surface area contributed by atoms with Crippen molar-refractivity contribution < 1.29 is 4.74 Å². The Balaban J connectivity index is 1.40. The molecule has 4 rings (SSSR count). The van der Waals surface area contributed by atoms with Gasteiger partial charge in [0.05, 0.1) is 30.7 Å². The largest absolute Gasteiger partial charge is 0.380 e. The van der Waals surface area contributed by atoms with Crippen LogP contribution in [0.15, 0.2) is 18.3 Å². The van der Waals surface area contributed by atoms with Crippen LogP contribution in [0.25, 0.3) is 0 Å². The lowest BCUT2D eigenvalue weighted by atomic mass is 10.2. The summed E-state index contributed by atoms with van der Waals surface area (Å²) in [5.41, 5.74) is 2.13. The van der Waals surface area contributed by atoms with Gasteiger partial charge in [0.1, 0.15) is 11.6 Å². The van der Waals surface area contributed by atoms with Crippen molar-refractivity contribution in [3.05, 3.63) is 35.5 Å². The second-order valence-electron chi connectivity index (χ2n) is 6.53. The highest BCUT2D eigenvalue weighted by molar-refractivity contribution is 5.33. The van der Waals surface area contributed by atoms with Gasteiger partial charge in [-0.25, -0.2) is 4.98 Å². The Kier molecular flexibility index (Phi) is 4.44. The van der Waals surface area contributed by atoms with Gasteiger partial charge in [-0.2, -0.15) is 5.10 Å². The van der Waals surface area contributed by atoms with Crippen LogP contribution in [0.1, 0.15) is 23.6 Å². The summed E-state index contributed by atoms with van der Waals surface area (Å²) >= 11 is 0. The fraction of sp³-hybridized carbons (Fsp3) is 0.588. The Bertz CT molecular complexity index is 677. The fourth-order valence-corrected chi connectivity index (χ4v) is 3.50. The number of aromatic nitrogens is 4. The number of rotatable bonds is 4. The van der Waals surface area contributed by atoms with E-state index in [4.69, 9.17) is 4.74 Å². The second-order valence-corrected chi connectivity index (χ2v) is 6.53. The number of hydrogen-bond donors (Lipinski definition) is 1. The van der Waals surface area contributed by atoms with Gasteiger partial charge in [-0.3, -0.25) is 4.90 Å². The highest BCUT2D eigenvalue weighted by atomic mass is 16.5. The van der Waals surface area contributed by atoms with Crippen molar-refractivity contribution in [3.63, 3.8) is 0 Å². The van der Waals surface area contributed by atoms with Gasteiger partial charge < -0.3 is 14.6 Å². The Morgan fingerprint density at radius 2 is 2.21 bits per heavy atom. The maximum absolute atomic E-state index is 5.54. The predicted octanol–water partition coefficient (Wildman–Crippen LogP) is 1.24. The molecule has 2 aromatic heterocycles. The van der Waals surface area contributed by atoms with Crippen LogP contribution in [0.4, 0.5) is 5.82 Å². The van der Waals surface area contributed by atoms with Crippen LogP contribution in [0.3, 0.4) is 0 Å². The minimum Gasteiger partial charge on any atom is -0.380 e. The van der Waals surface area contributed by atoms with Gasteiger partial charge in [0, 0.05) is 38.7 Å². The third-order valence-corrected chi connectivity index (χ3v) is 4.92. The molecule has 1 N–H and O–H groups in total. The molecule has 4 heterocycles. The van der Waals surface area contributed by atoms with Crippen LogP contribution >= 0.6 is 0 Å². The van der Waals surface area contributed by atoms with Gasteiger partial charge >= 0.3 is 0 Å². The van der Waals surface area contributed by atoms with E-state index in [-0.39, 0.29) is 0 Å². The van der Waals surface area contributed by atoms with Crippen LogP contribution < -0.4 is 5.32 Å². The lowest BCUT2D eigenvalue weighted by Crippen LogP contribution is -2.37. The van der Waals surface area contributed by atoms with Crippen molar-refractivity contribution >= 4 is 5.82 Å². The van der Waals surface area contributed by atoms with Crippen molar-refractivity contribution in [2.75, 3.05) is 31.6 Å². The summed E-state index contributed by atoms with van der Waals surface area (Å²) in [5, 5.41) is 11.6. The van der Waals surface area contributed by atoms with E-state index in [1.54, 1.807) is 0 Å². The molecule has 0 amide bonds. The van der Waals surface area contributed by atoms with Gasteiger partial charge in [-0.15, -0.1) is 5.10 Å². The van der Waals surface area contributed by atoms with E-state index >= 15 is 0 Å². The molecule has 0 aliphatic carbocycles. The van der Waals surface area contributed by atoms with Crippen LogP contribution in [0.5, 0.6) is 0 Å². The van der Waals surface area contributed by atoms with E-state index in [1.807, 2.05) is 25.3 Å². The van der Waals surface area contributed by atoms with Gasteiger partial charge in [0.2, 0.25) is 0 Å². The highest BCUT2D eigenvalue weighted by Crippen LogP contribution is 2.18. The number of anilines is 1. The minimum atomic E-state index is 0.582. The van der Waals surface area contributed by atoms with Gasteiger partial charge in [-0.1, -0.05) is 0 Å². The molecule has 2 aliphatic rings. The molecule has 1 unspecified atom stereocenters. The SMILES string of the molecule is Cc1ccc(NCc2cnc3n2CCN(C2CCOC2)CC3)nn1. The summed E-state index contributed by atoms with van der Waals surface area (Å²) in [6, 6.07) is 4.51. The zero-order valence-corrected chi connectivity index (χ0v) is 14.1. The topological polar surface area (TPSA) is 68.1 Å². The molecule has 0 radical (unpaired) electrons. The summed E-state index contributed by atoms with van der Waals surface area (Å²) in [6.45, 7) is 7.56. The summed E-state index contributed by atoms with van der Waals surface area (Å²) in [7, 11) is 0. The van der Waals surface area contributed by atoms with Gasteiger partial charge in [-0.05, 0) is 25.5 Å². The Hall–Kier alpha value is -1.99. The van der Waals surface area contributed by atoms with Crippen LogP contribution in [0.2, 0.25) is 0 Å². The average molecular weight is 328 g/mol. The first-order valence-electron chi connectivity index (χ1n) is 8.69. The second kappa shape index (κ2) is 6.86. The molecule has 24 heavy (non-hydrogen) atoms. The van der Waals surface area contributed by atoms with E-state index < -0.39 is 0 Å². The van der Waals surface area contributed by atoms with Crippen LogP contribution in [0, 0.1) is 6.92 Å². The first kappa shape index (κ1) is 15.5. The van der Waals surface area contributed by atoms with Gasteiger partial charge in [0.25, 0.3) is 0 Å². The maximum Gasteiger partial charge on any atom is 0.148 e. The summed E-state index contributed by atoms with van der Waals surface area (Å²) in [6.07, 6.45) is 4.14. The maximum atomic E-state index is 5.54. The smallest absolute Gasteiger partial charge is 0.148 e. The highest BCUT2D eigenvalue weighted by Gasteiger charge is 2.26. The Labute approximate surface area is 142 Å². The third-order valence-electron chi connectivity index (χ3n) is 4.92. The minimum absolute atomic E-state index is 0.582. The van der Waals surface area contributed by atoms with E-state index in [1.165, 1.54) is 11.5 Å². The zero-order valence-electron chi connectivity index (χ0n) is 14.1. The number of hydrogen-bond acceptors (Lipinski definition) is 6. The van der Waals surface area contributed by atoms with Crippen molar-refractivity contribution in [2.24, 2.45) is 0 Å². The van der Waals surface area contributed by atoms with Crippen molar-refractivity contribution in [3.8, 4) is 0 Å². The number of fused-ring (bicyclic) bond motifs is 1. The number of aryl methyl sites for hydroxylation is 1. The molecule has 7 nitrogen and oxygen atoms in total.